The molecule has 2 aromatic rings. The van der Waals surface area contributed by atoms with Crippen molar-refractivity contribution in [2.75, 3.05) is 20.3 Å². The molecule has 0 saturated carbocycles. The van der Waals surface area contributed by atoms with Gasteiger partial charge in [-0.3, -0.25) is 4.84 Å². The molecule has 0 spiro atoms. The van der Waals surface area contributed by atoms with Crippen LogP contribution in [0.25, 0.3) is 10.9 Å². The first-order valence-electron chi connectivity index (χ1n) is 8.01. The maximum Gasteiger partial charge on any atom is 0.119 e. The van der Waals surface area contributed by atoms with Crippen molar-refractivity contribution < 1.29 is 9.57 Å². The van der Waals surface area contributed by atoms with Gasteiger partial charge < -0.3 is 15.0 Å². The molecule has 5 nitrogen and oxygen atoms in total. The van der Waals surface area contributed by atoms with Gasteiger partial charge in [-0.1, -0.05) is 0 Å². The number of methoxy groups -OCH3 is 1. The van der Waals surface area contributed by atoms with E-state index in [4.69, 9.17) is 15.3 Å². The molecule has 2 N–H and O–H groups in total. The zero-order valence-electron chi connectivity index (χ0n) is 13.2. The first-order valence-corrected chi connectivity index (χ1v) is 8.01. The Labute approximate surface area is 130 Å². The summed E-state index contributed by atoms with van der Waals surface area (Å²) in [4.78, 5) is 5.95. The fraction of sp³-hybridized carbons (Fsp3) is 0.529. The Morgan fingerprint density at radius 1 is 1.36 bits per heavy atom. The molecule has 2 aliphatic heterocycles. The van der Waals surface area contributed by atoms with Crippen LogP contribution < -0.4 is 10.5 Å². The fourth-order valence-corrected chi connectivity index (χ4v) is 4.00. The van der Waals surface area contributed by atoms with Crippen LogP contribution in [0.1, 0.15) is 30.1 Å². The molecule has 1 fully saturated rings. The molecule has 22 heavy (non-hydrogen) atoms. The second-order valence-electron chi connectivity index (χ2n) is 6.28. The van der Waals surface area contributed by atoms with Gasteiger partial charge in [0.2, 0.25) is 0 Å². The predicted octanol–water partition coefficient (Wildman–Crippen LogP) is 2.14. The van der Waals surface area contributed by atoms with E-state index >= 15 is 0 Å². The van der Waals surface area contributed by atoms with E-state index in [1.54, 1.807) is 7.11 Å². The number of nitrogens with zero attached hydrogens (tertiary/aromatic N) is 2. The van der Waals surface area contributed by atoms with E-state index in [1.165, 1.54) is 22.2 Å². The SMILES string of the molecule is COc1ccc2c(c1)c1c(n2C)[C@@H]2[C@H](N)CCCON2CC1. The topological polar surface area (TPSA) is 52.6 Å². The van der Waals surface area contributed by atoms with Gasteiger partial charge in [-0.2, -0.15) is 5.06 Å². The molecule has 0 bridgehead atoms. The second kappa shape index (κ2) is 5.26. The summed E-state index contributed by atoms with van der Waals surface area (Å²) >= 11 is 0. The van der Waals surface area contributed by atoms with E-state index in [0.29, 0.717) is 0 Å². The number of ether oxygens (including phenoxy) is 1. The number of aryl methyl sites for hydroxylation is 1. The van der Waals surface area contributed by atoms with Crippen LogP contribution in [0.3, 0.4) is 0 Å². The van der Waals surface area contributed by atoms with Gasteiger partial charge in [-0.05, 0) is 43.0 Å². The smallest absolute Gasteiger partial charge is 0.119 e. The minimum atomic E-state index is 0.117. The van der Waals surface area contributed by atoms with Gasteiger partial charge in [0.05, 0.1) is 19.8 Å². The highest BCUT2D eigenvalue weighted by atomic mass is 16.7. The average Bonchev–Trinajstić information content (AvgIpc) is 2.69. The van der Waals surface area contributed by atoms with Crippen molar-refractivity contribution in [3.63, 3.8) is 0 Å². The predicted molar refractivity (Wildman–Crippen MR) is 85.8 cm³/mol. The molecule has 0 amide bonds. The molecule has 118 valence electrons. The summed E-state index contributed by atoms with van der Waals surface area (Å²) < 4.78 is 7.69. The highest BCUT2D eigenvalue weighted by Gasteiger charge is 2.37. The van der Waals surface area contributed by atoms with Crippen LogP contribution >= 0.6 is 0 Å². The number of aromatic nitrogens is 1. The lowest BCUT2D eigenvalue weighted by molar-refractivity contribution is -0.187. The van der Waals surface area contributed by atoms with Gasteiger partial charge in [-0.15, -0.1) is 0 Å². The van der Waals surface area contributed by atoms with Crippen molar-refractivity contribution in [1.82, 2.24) is 9.63 Å². The zero-order valence-corrected chi connectivity index (χ0v) is 13.2. The molecule has 2 aliphatic rings. The molecule has 5 heteroatoms. The minimum Gasteiger partial charge on any atom is -0.497 e. The summed E-state index contributed by atoms with van der Waals surface area (Å²) in [5.74, 6) is 0.907. The Morgan fingerprint density at radius 2 is 2.23 bits per heavy atom. The monoisotopic (exact) mass is 301 g/mol. The van der Waals surface area contributed by atoms with Crippen LogP contribution in [-0.2, 0) is 18.3 Å². The third-order valence-electron chi connectivity index (χ3n) is 5.08. The molecule has 1 aromatic heterocycles. The lowest BCUT2D eigenvalue weighted by Gasteiger charge is -2.36. The van der Waals surface area contributed by atoms with Crippen LogP contribution in [0.5, 0.6) is 5.75 Å². The largest absolute Gasteiger partial charge is 0.497 e. The van der Waals surface area contributed by atoms with Crippen molar-refractivity contribution in [2.45, 2.75) is 31.3 Å². The second-order valence-corrected chi connectivity index (χ2v) is 6.28. The zero-order chi connectivity index (χ0) is 15.3. The van der Waals surface area contributed by atoms with E-state index in [-0.39, 0.29) is 12.1 Å². The standard InChI is InChI=1S/C17H23N3O2/c1-19-15-6-5-11(21-2)10-13(15)12-7-8-20-17(16(12)19)14(18)4-3-9-22-20/h5-6,10,14,17H,3-4,7-9,18H2,1-2H3/t14-,17+/m1/s1. The summed E-state index contributed by atoms with van der Waals surface area (Å²) in [7, 11) is 3.85. The lowest BCUT2D eigenvalue weighted by atomic mass is 9.92. The lowest BCUT2D eigenvalue weighted by Crippen LogP contribution is -2.44. The van der Waals surface area contributed by atoms with Crippen molar-refractivity contribution in [1.29, 1.82) is 0 Å². The van der Waals surface area contributed by atoms with Crippen molar-refractivity contribution >= 4 is 10.9 Å². The van der Waals surface area contributed by atoms with E-state index in [9.17, 15) is 0 Å². The van der Waals surface area contributed by atoms with Crippen molar-refractivity contribution in [3.05, 3.63) is 29.5 Å². The molecule has 1 aromatic carbocycles. The van der Waals surface area contributed by atoms with Crippen LogP contribution in [-0.4, -0.2) is 35.9 Å². The molecule has 0 radical (unpaired) electrons. The Balaban J connectivity index is 1.92. The summed E-state index contributed by atoms with van der Waals surface area (Å²) in [6.07, 6.45) is 3.02. The maximum absolute atomic E-state index is 6.49. The number of rotatable bonds is 1. The van der Waals surface area contributed by atoms with E-state index in [2.05, 4.69) is 28.8 Å². The fourth-order valence-electron chi connectivity index (χ4n) is 4.00. The number of hydroxylamine groups is 2. The van der Waals surface area contributed by atoms with Gasteiger partial charge in [-0.25, -0.2) is 0 Å². The highest BCUT2D eigenvalue weighted by molar-refractivity contribution is 5.87. The summed E-state index contributed by atoms with van der Waals surface area (Å²) in [5, 5.41) is 3.39. The maximum atomic E-state index is 6.49. The van der Waals surface area contributed by atoms with Gasteiger partial charge in [0.25, 0.3) is 0 Å². The Hall–Kier alpha value is -1.56. The summed E-state index contributed by atoms with van der Waals surface area (Å²) in [6.45, 7) is 1.68. The quantitative estimate of drug-likeness (QED) is 0.877. The molecule has 3 heterocycles. The van der Waals surface area contributed by atoms with Crippen LogP contribution in [0.2, 0.25) is 0 Å². The third kappa shape index (κ3) is 1.96. The van der Waals surface area contributed by atoms with E-state index < -0.39 is 0 Å². The Morgan fingerprint density at radius 3 is 3.05 bits per heavy atom. The number of hydrogen-bond acceptors (Lipinski definition) is 4. The van der Waals surface area contributed by atoms with Crippen molar-refractivity contribution in [2.24, 2.45) is 12.8 Å². The van der Waals surface area contributed by atoms with Crippen molar-refractivity contribution in [3.8, 4) is 5.75 Å². The average molecular weight is 301 g/mol. The first-order chi connectivity index (χ1) is 10.7. The van der Waals surface area contributed by atoms with Crippen LogP contribution in [0.4, 0.5) is 0 Å². The third-order valence-corrected chi connectivity index (χ3v) is 5.08. The van der Waals surface area contributed by atoms with E-state index in [0.717, 1.165) is 38.2 Å². The summed E-state index contributed by atoms with van der Waals surface area (Å²) in [6, 6.07) is 6.57. The molecule has 0 unspecified atom stereocenters. The number of nitrogens with two attached hydrogens (primary N) is 1. The first kappa shape index (κ1) is 14.1. The number of benzene rings is 1. The molecule has 2 atom stereocenters. The number of hydrogen-bond donors (Lipinski definition) is 1. The highest BCUT2D eigenvalue weighted by Crippen LogP contribution is 2.40. The molecule has 0 aliphatic carbocycles. The molecule has 4 rings (SSSR count). The normalized spacial score (nSPS) is 25.6. The molecule has 1 saturated heterocycles. The molecular formula is C17H23N3O2. The number of fused-ring (bicyclic) bond motifs is 5. The molecular weight excluding hydrogens is 278 g/mol. The Bertz CT molecular complexity index is 709. The van der Waals surface area contributed by atoms with Gasteiger partial charge in [0.1, 0.15) is 5.75 Å². The van der Waals surface area contributed by atoms with Gasteiger partial charge in [0, 0.05) is 36.2 Å². The minimum absolute atomic E-state index is 0.117. The van der Waals surface area contributed by atoms with E-state index in [1.807, 2.05) is 6.07 Å². The Kier molecular flexibility index (Phi) is 3.36. The van der Waals surface area contributed by atoms with Crippen LogP contribution in [0, 0.1) is 0 Å². The summed E-state index contributed by atoms with van der Waals surface area (Å²) in [5.41, 5.74) is 10.4. The van der Waals surface area contributed by atoms with Gasteiger partial charge >= 0.3 is 0 Å². The van der Waals surface area contributed by atoms with Gasteiger partial charge in [0.15, 0.2) is 0 Å². The van der Waals surface area contributed by atoms with Crippen LogP contribution in [0.15, 0.2) is 18.2 Å².